The quantitative estimate of drug-likeness (QED) is 0.735. The highest BCUT2D eigenvalue weighted by Crippen LogP contribution is 2.31. The molecule has 0 spiro atoms. The van der Waals surface area contributed by atoms with Crippen LogP contribution in [0.3, 0.4) is 0 Å². The van der Waals surface area contributed by atoms with Crippen LogP contribution in [0.1, 0.15) is 29.3 Å². The van der Waals surface area contributed by atoms with Crippen molar-refractivity contribution in [2.45, 2.75) is 20.3 Å². The molecule has 27 heavy (non-hydrogen) atoms. The van der Waals surface area contributed by atoms with E-state index >= 15 is 0 Å². The number of hydrogen-bond acceptors (Lipinski definition) is 4. The van der Waals surface area contributed by atoms with Gasteiger partial charge in [0.1, 0.15) is 12.1 Å². The van der Waals surface area contributed by atoms with Crippen LogP contribution in [0.2, 0.25) is 0 Å². The molecule has 2 aromatic carbocycles. The number of carboxylic acids is 1. The van der Waals surface area contributed by atoms with Crippen molar-refractivity contribution in [2.24, 2.45) is 0 Å². The van der Waals surface area contributed by atoms with E-state index < -0.39 is 5.97 Å². The molecule has 0 fully saturated rings. The van der Waals surface area contributed by atoms with E-state index in [0.29, 0.717) is 17.1 Å². The Kier molecular flexibility index (Phi) is 5.26. The second-order valence-electron chi connectivity index (χ2n) is 6.09. The van der Waals surface area contributed by atoms with E-state index in [0.717, 1.165) is 11.1 Å². The van der Waals surface area contributed by atoms with Crippen LogP contribution in [0.15, 0.2) is 61.1 Å². The van der Waals surface area contributed by atoms with E-state index in [4.69, 9.17) is 0 Å². The molecule has 136 valence electrons. The van der Waals surface area contributed by atoms with Gasteiger partial charge in [-0.3, -0.25) is 9.69 Å². The lowest BCUT2D eigenvalue weighted by Crippen LogP contribution is -2.26. The van der Waals surface area contributed by atoms with Gasteiger partial charge in [0.2, 0.25) is 5.91 Å². The van der Waals surface area contributed by atoms with Gasteiger partial charge in [-0.15, -0.1) is 0 Å². The third-order valence-corrected chi connectivity index (χ3v) is 4.16. The minimum atomic E-state index is -1.06. The molecular weight excluding hydrogens is 342 g/mol. The SMILES string of the molecule is CCC(=O)N(c1cc(C(=O)O)cc(-c2ccc(C)cc2)c1)c1ccncn1. The van der Waals surface area contributed by atoms with Crippen molar-refractivity contribution < 1.29 is 14.7 Å². The molecule has 6 nitrogen and oxygen atoms in total. The van der Waals surface area contributed by atoms with Crippen molar-refractivity contribution >= 4 is 23.4 Å². The van der Waals surface area contributed by atoms with E-state index in [1.807, 2.05) is 31.2 Å². The van der Waals surface area contributed by atoms with Crippen LogP contribution in [0.5, 0.6) is 0 Å². The number of carbonyl (C=O) groups excluding carboxylic acids is 1. The zero-order valence-corrected chi connectivity index (χ0v) is 15.1. The molecule has 0 radical (unpaired) electrons. The number of nitrogens with zero attached hydrogens (tertiary/aromatic N) is 3. The average Bonchev–Trinajstić information content (AvgIpc) is 2.69. The summed E-state index contributed by atoms with van der Waals surface area (Å²) in [4.78, 5) is 33.7. The molecular formula is C21H19N3O3. The van der Waals surface area contributed by atoms with E-state index in [2.05, 4.69) is 9.97 Å². The van der Waals surface area contributed by atoms with Crippen molar-refractivity contribution in [3.63, 3.8) is 0 Å². The fraction of sp³-hybridized carbons (Fsp3) is 0.143. The molecule has 0 aliphatic rings. The first-order valence-corrected chi connectivity index (χ1v) is 8.54. The molecule has 3 rings (SSSR count). The molecule has 0 aliphatic heterocycles. The number of hydrogen-bond donors (Lipinski definition) is 1. The number of rotatable bonds is 5. The van der Waals surface area contributed by atoms with Gasteiger partial charge < -0.3 is 5.11 Å². The van der Waals surface area contributed by atoms with Crippen LogP contribution < -0.4 is 4.90 Å². The Morgan fingerprint density at radius 1 is 1.04 bits per heavy atom. The highest BCUT2D eigenvalue weighted by molar-refractivity contribution is 6.01. The fourth-order valence-corrected chi connectivity index (χ4v) is 2.75. The zero-order valence-electron chi connectivity index (χ0n) is 15.1. The van der Waals surface area contributed by atoms with Crippen molar-refractivity contribution in [1.29, 1.82) is 0 Å². The number of carboxylic acid groups (broad SMARTS) is 1. The lowest BCUT2D eigenvalue weighted by Gasteiger charge is -2.22. The second kappa shape index (κ2) is 7.78. The number of carbonyl (C=O) groups is 2. The van der Waals surface area contributed by atoms with Crippen LogP contribution in [-0.4, -0.2) is 27.0 Å². The smallest absolute Gasteiger partial charge is 0.335 e. The highest BCUT2D eigenvalue weighted by Gasteiger charge is 2.20. The highest BCUT2D eigenvalue weighted by atomic mass is 16.4. The normalized spacial score (nSPS) is 10.4. The summed E-state index contributed by atoms with van der Waals surface area (Å²) < 4.78 is 0. The fourth-order valence-electron chi connectivity index (χ4n) is 2.75. The Morgan fingerprint density at radius 3 is 2.37 bits per heavy atom. The van der Waals surface area contributed by atoms with Gasteiger partial charge in [0.05, 0.1) is 11.3 Å². The van der Waals surface area contributed by atoms with Crippen LogP contribution in [-0.2, 0) is 4.79 Å². The summed E-state index contributed by atoms with van der Waals surface area (Å²) in [6.07, 6.45) is 3.15. The first-order chi connectivity index (χ1) is 13.0. The number of aromatic nitrogens is 2. The largest absolute Gasteiger partial charge is 0.478 e. The zero-order chi connectivity index (χ0) is 19.4. The van der Waals surface area contributed by atoms with Gasteiger partial charge >= 0.3 is 5.97 Å². The molecule has 0 saturated heterocycles. The molecule has 0 bridgehead atoms. The maximum Gasteiger partial charge on any atom is 0.335 e. The summed E-state index contributed by atoms with van der Waals surface area (Å²) >= 11 is 0. The summed E-state index contributed by atoms with van der Waals surface area (Å²) in [5, 5.41) is 9.54. The third-order valence-electron chi connectivity index (χ3n) is 4.16. The van der Waals surface area contributed by atoms with Crippen LogP contribution in [0, 0.1) is 6.92 Å². The molecule has 0 saturated carbocycles. The van der Waals surface area contributed by atoms with Crippen molar-refractivity contribution in [3.05, 3.63) is 72.2 Å². The molecule has 0 atom stereocenters. The molecule has 6 heteroatoms. The Bertz CT molecular complexity index is 970. The summed E-state index contributed by atoms with van der Waals surface area (Å²) in [7, 11) is 0. The van der Waals surface area contributed by atoms with Crippen LogP contribution in [0.4, 0.5) is 11.5 Å². The second-order valence-corrected chi connectivity index (χ2v) is 6.09. The van der Waals surface area contributed by atoms with Gasteiger partial charge in [-0.05, 0) is 42.3 Å². The Labute approximate surface area is 157 Å². The van der Waals surface area contributed by atoms with Gasteiger partial charge in [0, 0.05) is 12.6 Å². The van der Waals surface area contributed by atoms with Gasteiger partial charge in [-0.1, -0.05) is 36.8 Å². The van der Waals surface area contributed by atoms with Crippen molar-refractivity contribution in [2.75, 3.05) is 4.90 Å². The van der Waals surface area contributed by atoms with Gasteiger partial charge in [0.15, 0.2) is 0 Å². The van der Waals surface area contributed by atoms with Crippen LogP contribution >= 0.6 is 0 Å². The molecule has 1 aromatic heterocycles. The molecule has 1 N–H and O–H groups in total. The Morgan fingerprint density at radius 2 is 1.78 bits per heavy atom. The van der Waals surface area contributed by atoms with E-state index in [1.54, 1.807) is 31.3 Å². The number of aryl methyl sites for hydroxylation is 1. The number of aromatic carboxylic acids is 1. The third kappa shape index (κ3) is 4.00. The molecule has 1 amide bonds. The number of anilines is 2. The molecule has 1 heterocycles. The van der Waals surface area contributed by atoms with Gasteiger partial charge in [-0.25, -0.2) is 14.8 Å². The van der Waals surface area contributed by atoms with E-state index in [9.17, 15) is 14.7 Å². The molecule has 3 aromatic rings. The van der Waals surface area contributed by atoms with Crippen molar-refractivity contribution in [3.8, 4) is 11.1 Å². The number of amides is 1. The summed E-state index contributed by atoms with van der Waals surface area (Å²) in [6.45, 7) is 3.73. The predicted octanol–water partition coefficient (Wildman–Crippen LogP) is 4.22. The predicted molar refractivity (Wildman–Crippen MR) is 103 cm³/mol. The maximum absolute atomic E-state index is 12.6. The topological polar surface area (TPSA) is 83.4 Å². The summed E-state index contributed by atoms with van der Waals surface area (Å²) in [5.41, 5.74) is 3.25. The van der Waals surface area contributed by atoms with Crippen molar-refractivity contribution in [1.82, 2.24) is 9.97 Å². The lowest BCUT2D eigenvalue weighted by atomic mass is 10.0. The Hall–Kier alpha value is -3.54. The minimum Gasteiger partial charge on any atom is -0.478 e. The standard InChI is InChI=1S/C21H19N3O3/c1-3-20(25)24(19-8-9-22-13-23-19)18-11-16(10-17(12-18)21(26)27)15-6-4-14(2)5-7-15/h4-13H,3H2,1-2H3,(H,26,27). The average molecular weight is 361 g/mol. The molecule has 0 aliphatic carbocycles. The first-order valence-electron chi connectivity index (χ1n) is 8.54. The van der Waals surface area contributed by atoms with Crippen LogP contribution in [0.25, 0.3) is 11.1 Å². The first kappa shape index (κ1) is 18.3. The monoisotopic (exact) mass is 361 g/mol. The van der Waals surface area contributed by atoms with Gasteiger partial charge in [-0.2, -0.15) is 0 Å². The summed E-state index contributed by atoms with van der Waals surface area (Å²) in [6, 6.07) is 14.3. The molecule has 0 unspecified atom stereocenters. The number of benzene rings is 2. The minimum absolute atomic E-state index is 0.103. The Balaban J connectivity index is 2.19. The summed E-state index contributed by atoms with van der Waals surface area (Å²) in [5.74, 6) is -0.850. The van der Waals surface area contributed by atoms with Gasteiger partial charge in [0.25, 0.3) is 0 Å². The van der Waals surface area contributed by atoms with E-state index in [-0.39, 0.29) is 17.9 Å². The van der Waals surface area contributed by atoms with E-state index in [1.165, 1.54) is 17.3 Å². The maximum atomic E-state index is 12.6. The lowest BCUT2D eigenvalue weighted by molar-refractivity contribution is -0.117.